The maximum Gasteiger partial charge on any atom is 0.0357 e. The molecule has 0 aliphatic heterocycles. The molecule has 0 spiro atoms. The van der Waals surface area contributed by atoms with Gasteiger partial charge in [0, 0.05) is 18.4 Å². The molecular formula is C13H22N2. The standard InChI is InChI=1S/C13H22N2/c1-12(2)11(13(12,3)4)9-14-8-10-6-5-7-15-10/h5-7,11,14-15H,8-9H2,1-4H3. The van der Waals surface area contributed by atoms with E-state index in [1.165, 1.54) is 5.69 Å². The fourth-order valence-electron chi connectivity index (χ4n) is 2.67. The largest absolute Gasteiger partial charge is 0.364 e. The first-order valence-corrected chi connectivity index (χ1v) is 5.79. The average Bonchev–Trinajstić information content (AvgIpc) is 2.62. The quantitative estimate of drug-likeness (QED) is 0.779. The molecule has 0 saturated heterocycles. The van der Waals surface area contributed by atoms with Crippen LogP contribution in [0.25, 0.3) is 0 Å². The highest BCUT2D eigenvalue weighted by molar-refractivity contribution is 5.13. The minimum absolute atomic E-state index is 0.496. The van der Waals surface area contributed by atoms with Gasteiger partial charge in [0.2, 0.25) is 0 Å². The van der Waals surface area contributed by atoms with Gasteiger partial charge in [0.05, 0.1) is 0 Å². The molecular weight excluding hydrogens is 184 g/mol. The van der Waals surface area contributed by atoms with Gasteiger partial charge in [0.25, 0.3) is 0 Å². The van der Waals surface area contributed by atoms with Crippen LogP contribution in [0.4, 0.5) is 0 Å². The zero-order valence-corrected chi connectivity index (χ0v) is 10.2. The van der Waals surface area contributed by atoms with Crippen molar-refractivity contribution in [2.75, 3.05) is 6.54 Å². The molecule has 0 aromatic carbocycles. The number of H-pyrrole nitrogens is 1. The minimum Gasteiger partial charge on any atom is -0.364 e. The van der Waals surface area contributed by atoms with Gasteiger partial charge in [-0.05, 0) is 35.4 Å². The van der Waals surface area contributed by atoms with Gasteiger partial charge in [0.15, 0.2) is 0 Å². The molecule has 2 rings (SSSR count). The number of hydrogen-bond acceptors (Lipinski definition) is 1. The van der Waals surface area contributed by atoms with Crippen LogP contribution in [0.2, 0.25) is 0 Å². The Kier molecular flexibility index (Phi) is 2.42. The lowest BCUT2D eigenvalue weighted by molar-refractivity contribution is 0.457. The molecule has 2 nitrogen and oxygen atoms in total. The van der Waals surface area contributed by atoms with Crippen LogP contribution in [0.5, 0.6) is 0 Å². The van der Waals surface area contributed by atoms with Gasteiger partial charge in [-0.15, -0.1) is 0 Å². The second kappa shape index (κ2) is 3.38. The Morgan fingerprint density at radius 1 is 1.27 bits per heavy atom. The molecule has 15 heavy (non-hydrogen) atoms. The first kappa shape index (κ1) is 10.7. The molecule has 1 aliphatic carbocycles. The summed E-state index contributed by atoms with van der Waals surface area (Å²) < 4.78 is 0. The molecule has 0 amide bonds. The van der Waals surface area contributed by atoms with Crippen LogP contribution in [0.15, 0.2) is 18.3 Å². The lowest BCUT2D eigenvalue weighted by atomic mass is 10.0. The van der Waals surface area contributed by atoms with Crippen molar-refractivity contribution >= 4 is 0 Å². The van der Waals surface area contributed by atoms with Crippen LogP contribution in [-0.4, -0.2) is 11.5 Å². The summed E-state index contributed by atoms with van der Waals surface area (Å²) in [4.78, 5) is 3.21. The summed E-state index contributed by atoms with van der Waals surface area (Å²) in [5, 5.41) is 3.53. The van der Waals surface area contributed by atoms with E-state index < -0.39 is 0 Å². The molecule has 0 unspecified atom stereocenters. The summed E-state index contributed by atoms with van der Waals surface area (Å²) in [6.45, 7) is 11.6. The summed E-state index contributed by atoms with van der Waals surface area (Å²) in [6, 6.07) is 4.16. The van der Waals surface area contributed by atoms with E-state index in [-0.39, 0.29) is 0 Å². The molecule has 0 bridgehead atoms. The third kappa shape index (κ3) is 1.71. The predicted octanol–water partition coefficient (Wildman–Crippen LogP) is 2.79. The molecule has 1 aromatic heterocycles. The highest BCUT2D eigenvalue weighted by Gasteiger charge is 2.63. The molecule has 1 fully saturated rings. The summed E-state index contributed by atoms with van der Waals surface area (Å²) in [5.74, 6) is 0.806. The maximum absolute atomic E-state index is 3.53. The first-order valence-electron chi connectivity index (χ1n) is 5.79. The number of rotatable bonds is 4. The normalized spacial score (nSPS) is 22.9. The Hall–Kier alpha value is -0.760. The van der Waals surface area contributed by atoms with Crippen LogP contribution < -0.4 is 5.32 Å². The topological polar surface area (TPSA) is 27.8 Å². The Labute approximate surface area is 92.5 Å². The Bertz CT molecular complexity index is 308. The third-order valence-corrected chi connectivity index (χ3v) is 4.65. The zero-order chi connectivity index (χ0) is 11.1. The molecule has 1 heterocycles. The Morgan fingerprint density at radius 2 is 1.93 bits per heavy atom. The molecule has 1 saturated carbocycles. The van der Waals surface area contributed by atoms with Gasteiger partial charge in [-0.1, -0.05) is 27.7 Å². The van der Waals surface area contributed by atoms with Crippen molar-refractivity contribution in [2.45, 2.75) is 34.2 Å². The van der Waals surface area contributed by atoms with E-state index in [1.807, 2.05) is 12.3 Å². The summed E-state index contributed by atoms with van der Waals surface area (Å²) in [6.07, 6.45) is 1.97. The highest BCUT2D eigenvalue weighted by atomic mass is 14.9. The van der Waals surface area contributed by atoms with Crippen molar-refractivity contribution in [1.82, 2.24) is 10.3 Å². The van der Waals surface area contributed by atoms with Crippen molar-refractivity contribution in [2.24, 2.45) is 16.7 Å². The van der Waals surface area contributed by atoms with Crippen molar-refractivity contribution in [3.8, 4) is 0 Å². The molecule has 84 valence electrons. The van der Waals surface area contributed by atoms with Gasteiger partial charge in [-0.25, -0.2) is 0 Å². The van der Waals surface area contributed by atoms with Crippen molar-refractivity contribution in [1.29, 1.82) is 0 Å². The summed E-state index contributed by atoms with van der Waals surface area (Å²) in [7, 11) is 0. The second-order valence-corrected chi connectivity index (χ2v) is 5.82. The zero-order valence-electron chi connectivity index (χ0n) is 10.2. The lowest BCUT2D eigenvalue weighted by Crippen LogP contribution is -2.18. The molecule has 1 aliphatic rings. The van der Waals surface area contributed by atoms with Crippen LogP contribution >= 0.6 is 0 Å². The second-order valence-electron chi connectivity index (χ2n) is 5.82. The Balaban J connectivity index is 1.77. The van der Waals surface area contributed by atoms with Gasteiger partial charge in [0.1, 0.15) is 0 Å². The van der Waals surface area contributed by atoms with Crippen LogP contribution in [-0.2, 0) is 6.54 Å². The highest BCUT2D eigenvalue weighted by Crippen LogP contribution is 2.67. The van der Waals surface area contributed by atoms with Crippen LogP contribution in [0.3, 0.4) is 0 Å². The fourth-order valence-corrected chi connectivity index (χ4v) is 2.67. The van der Waals surface area contributed by atoms with Crippen LogP contribution in [0, 0.1) is 16.7 Å². The predicted molar refractivity (Wildman–Crippen MR) is 63.6 cm³/mol. The molecule has 1 aromatic rings. The third-order valence-electron chi connectivity index (χ3n) is 4.65. The molecule has 0 radical (unpaired) electrons. The first-order chi connectivity index (χ1) is 6.96. The van der Waals surface area contributed by atoms with Gasteiger partial charge in [-0.3, -0.25) is 0 Å². The van der Waals surface area contributed by atoms with Gasteiger partial charge >= 0.3 is 0 Å². The van der Waals surface area contributed by atoms with E-state index in [4.69, 9.17) is 0 Å². The molecule has 0 atom stereocenters. The Morgan fingerprint density at radius 3 is 2.40 bits per heavy atom. The SMILES string of the molecule is CC1(C)C(CNCc2ccc[nH]2)C1(C)C. The number of aromatic nitrogens is 1. The minimum atomic E-state index is 0.496. The smallest absolute Gasteiger partial charge is 0.0357 e. The van der Waals surface area contributed by atoms with Gasteiger partial charge < -0.3 is 10.3 Å². The maximum atomic E-state index is 3.53. The number of nitrogens with one attached hydrogen (secondary N) is 2. The number of aromatic amines is 1. The van der Waals surface area contributed by atoms with E-state index in [0.717, 1.165) is 19.0 Å². The van der Waals surface area contributed by atoms with E-state index in [2.05, 4.69) is 44.1 Å². The van der Waals surface area contributed by atoms with E-state index in [1.54, 1.807) is 0 Å². The lowest BCUT2D eigenvalue weighted by Gasteiger charge is -2.04. The molecule has 2 heteroatoms. The molecule has 2 N–H and O–H groups in total. The van der Waals surface area contributed by atoms with Gasteiger partial charge in [-0.2, -0.15) is 0 Å². The summed E-state index contributed by atoms with van der Waals surface area (Å²) in [5.41, 5.74) is 2.26. The fraction of sp³-hybridized carbons (Fsp3) is 0.692. The average molecular weight is 206 g/mol. The van der Waals surface area contributed by atoms with Crippen molar-refractivity contribution in [3.05, 3.63) is 24.0 Å². The van der Waals surface area contributed by atoms with Crippen molar-refractivity contribution in [3.63, 3.8) is 0 Å². The van der Waals surface area contributed by atoms with E-state index >= 15 is 0 Å². The summed E-state index contributed by atoms with van der Waals surface area (Å²) >= 11 is 0. The van der Waals surface area contributed by atoms with Crippen LogP contribution in [0.1, 0.15) is 33.4 Å². The van der Waals surface area contributed by atoms with Crippen molar-refractivity contribution < 1.29 is 0 Å². The van der Waals surface area contributed by atoms with E-state index in [0.29, 0.717) is 10.8 Å². The van der Waals surface area contributed by atoms with E-state index in [9.17, 15) is 0 Å². The monoisotopic (exact) mass is 206 g/mol. The number of hydrogen-bond donors (Lipinski definition) is 2.